The largest absolute Gasteiger partial charge is 0.492 e. The highest BCUT2D eigenvalue weighted by Crippen LogP contribution is 2.32. The van der Waals surface area contributed by atoms with Gasteiger partial charge in [-0.3, -0.25) is 4.79 Å². The van der Waals surface area contributed by atoms with Crippen molar-refractivity contribution in [2.75, 3.05) is 25.0 Å². The number of thiophene rings is 1. The molecule has 0 atom stereocenters. The van der Waals surface area contributed by atoms with Crippen LogP contribution >= 0.6 is 11.3 Å². The number of ether oxygens (including phenoxy) is 1. The Morgan fingerprint density at radius 1 is 1.27 bits per heavy atom. The second kappa shape index (κ2) is 8.50. The molecule has 0 radical (unpaired) electrons. The van der Waals surface area contributed by atoms with Crippen molar-refractivity contribution < 1.29 is 17.9 Å². The van der Waals surface area contributed by atoms with Gasteiger partial charge in [0.15, 0.2) is 0 Å². The number of hydrogen-bond donors (Lipinski definition) is 1. The highest BCUT2D eigenvalue weighted by molar-refractivity contribution is 7.89. The number of sulfonamides is 1. The van der Waals surface area contributed by atoms with Crippen molar-refractivity contribution in [1.29, 1.82) is 0 Å². The Bertz CT molecular complexity index is 1140. The summed E-state index contributed by atoms with van der Waals surface area (Å²) in [6.45, 7) is 3.09. The molecule has 4 rings (SSSR count). The highest BCUT2D eigenvalue weighted by Gasteiger charge is 2.30. The van der Waals surface area contributed by atoms with Crippen molar-refractivity contribution in [3.8, 4) is 11.4 Å². The topological polar surface area (TPSA) is 119 Å². The van der Waals surface area contributed by atoms with Gasteiger partial charge in [-0.2, -0.15) is 8.99 Å². The van der Waals surface area contributed by atoms with E-state index >= 15 is 0 Å². The van der Waals surface area contributed by atoms with Crippen LogP contribution in [0, 0.1) is 0 Å². The molecule has 0 spiro atoms. The third-order valence-corrected chi connectivity index (χ3v) is 7.45. The Morgan fingerprint density at radius 3 is 2.77 bits per heavy atom. The number of tetrazole rings is 1. The maximum absolute atomic E-state index is 13.1. The van der Waals surface area contributed by atoms with Crippen LogP contribution in [0.25, 0.3) is 5.69 Å². The Balaban J connectivity index is 1.64. The fourth-order valence-corrected chi connectivity index (χ4v) is 5.69. The van der Waals surface area contributed by atoms with E-state index in [-0.39, 0.29) is 16.6 Å². The number of amides is 1. The first kappa shape index (κ1) is 20.4. The zero-order valence-electron chi connectivity index (χ0n) is 16.2. The Labute approximate surface area is 177 Å². The maximum atomic E-state index is 13.1. The van der Waals surface area contributed by atoms with Gasteiger partial charge in [0.25, 0.3) is 5.91 Å². The number of hydrogen-bond acceptors (Lipinski definition) is 8. The van der Waals surface area contributed by atoms with Gasteiger partial charge in [-0.25, -0.2) is 8.42 Å². The summed E-state index contributed by atoms with van der Waals surface area (Å²) in [6.07, 6.45) is 3.06. The third-order valence-electron chi connectivity index (χ3n) is 4.63. The van der Waals surface area contributed by atoms with Gasteiger partial charge in [0.05, 0.1) is 12.3 Å². The lowest BCUT2D eigenvalue weighted by Gasteiger charge is -2.19. The van der Waals surface area contributed by atoms with Crippen LogP contribution in [0.2, 0.25) is 0 Å². The number of nitrogens with one attached hydrogen (secondary N) is 1. The number of nitrogens with zero attached hydrogens (tertiary/aromatic N) is 5. The second-order valence-corrected chi connectivity index (χ2v) is 9.37. The normalized spacial score (nSPS) is 14.7. The number of carbonyl (C=O) groups is 1. The first-order chi connectivity index (χ1) is 14.5. The minimum absolute atomic E-state index is 0.0518. The van der Waals surface area contributed by atoms with Gasteiger partial charge < -0.3 is 10.1 Å². The predicted octanol–water partition coefficient (Wildman–Crippen LogP) is 2.16. The molecule has 1 aromatic carbocycles. The SMILES string of the molecule is CCOc1ccc(NC(=O)c2sccc2-n2cnnn2)cc1S(=O)(=O)N1CCCC1. The van der Waals surface area contributed by atoms with Gasteiger partial charge in [-0.15, -0.1) is 16.4 Å². The van der Waals surface area contributed by atoms with E-state index in [1.165, 1.54) is 32.7 Å². The second-order valence-electron chi connectivity index (χ2n) is 6.55. The van der Waals surface area contributed by atoms with E-state index < -0.39 is 10.0 Å². The molecule has 1 aliphatic rings. The van der Waals surface area contributed by atoms with E-state index in [0.717, 1.165) is 12.8 Å². The summed E-state index contributed by atoms with van der Waals surface area (Å²) in [5.74, 6) is -0.114. The average molecular weight is 449 g/mol. The molecule has 3 heterocycles. The van der Waals surface area contributed by atoms with Crippen molar-refractivity contribution in [2.24, 2.45) is 0 Å². The molecule has 30 heavy (non-hydrogen) atoms. The molecule has 2 aromatic heterocycles. The number of anilines is 1. The first-order valence-electron chi connectivity index (χ1n) is 9.40. The molecule has 1 saturated heterocycles. The molecule has 1 N–H and O–H groups in total. The van der Waals surface area contributed by atoms with E-state index in [9.17, 15) is 13.2 Å². The quantitative estimate of drug-likeness (QED) is 0.588. The zero-order chi connectivity index (χ0) is 21.1. The Hall–Kier alpha value is -2.83. The van der Waals surface area contributed by atoms with Crippen LogP contribution in [-0.4, -0.2) is 58.5 Å². The van der Waals surface area contributed by atoms with Gasteiger partial charge in [-0.1, -0.05) is 0 Å². The molecule has 12 heteroatoms. The highest BCUT2D eigenvalue weighted by atomic mass is 32.2. The minimum Gasteiger partial charge on any atom is -0.492 e. The molecule has 10 nitrogen and oxygen atoms in total. The monoisotopic (exact) mass is 448 g/mol. The van der Waals surface area contributed by atoms with Crippen LogP contribution in [0.1, 0.15) is 29.4 Å². The number of aromatic nitrogens is 4. The maximum Gasteiger partial charge on any atom is 0.267 e. The molecule has 1 amide bonds. The third kappa shape index (κ3) is 3.93. The van der Waals surface area contributed by atoms with Crippen molar-refractivity contribution in [1.82, 2.24) is 24.5 Å². The lowest BCUT2D eigenvalue weighted by Crippen LogP contribution is -2.28. The molecule has 0 unspecified atom stereocenters. The van der Waals surface area contributed by atoms with Crippen LogP contribution in [0.15, 0.2) is 40.9 Å². The Kier molecular flexibility index (Phi) is 5.79. The standard InChI is InChI=1S/C18H20N6O4S2/c1-2-28-15-6-5-13(11-16(15)30(26,27)23-8-3-4-9-23)20-18(25)17-14(7-10-29-17)24-12-19-21-22-24/h5-7,10-12H,2-4,8-9H2,1H3,(H,20,25). The molecule has 0 saturated carbocycles. The van der Waals surface area contributed by atoms with Crippen molar-refractivity contribution in [3.05, 3.63) is 40.8 Å². The number of rotatable bonds is 7. The van der Waals surface area contributed by atoms with Gasteiger partial charge in [-0.05, 0) is 59.8 Å². The fourth-order valence-electron chi connectivity index (χ4n) is 3.24. The molecule has 0 bridgehead atoms. The predicted molar refractivity (Wildman–Crippen MR) is 111 cm³/mol. The van der Waals surface area contributed by atoms with E-state index in [1.54, 1.807) is 30.5 Å². The lowest BCUT2D eigenvalue weighted by molar-refractivity contribution is 0.103. The van der Waals surface area contributed by atoms with E-state index in [2.05, 4.69) is 20.8 Å². The lowest BCUT2D eigenvalue weighted by atomic mass is 10.3. The van der Waals surface area contributed by atoms with Crippen molar-refractivity contribution >= 4 is 33.0 Å². The molecule has 1 aliphatic heterocycles. The summed E-state index contributed by atoms with van der Waals surface area (Å²) < 4.78 is 34.6. The zero-order valence-corrected chi connectivity index (χ0v) is 17.8. The van der Waals surface area contributed by atoms with Crippen LogP contribution in [-0.2, 0) is 10.0 Å². The van der Waals surface area contributed by atoms with Crippen molar-refractivity contribution in [3.63, 3.8) is 0 Å². The minimum atomic E-state index is -3.72. The molecule has 1 fully saturated rings. The molecule has 0 aliphatic carbocycles. The van der Waals surface area contributed by atoms with Crippen molar-refractivity contribution in [2.45, 2.75) is 24.7 Å². The molecule has 3 aromatic rings. The summed E-state index contributed by atoms with van der Waals surface area (Å²) in [6, 6.07) is 6.37. The van der Waals surface area contributed by atoms with Gasteiger partial charge in [0.2, 0.25) is 10.0 Å². The smallest absolute Gasteiger partial charge is 0.267 e. The Morgan fingerprint density at radius 2 is 2.07 bits per heavy atom. The first-order valence-corrected chi connectivity index (χ1v) is 11.7. The number of benzene rings is 1. The van der Waals surface area contributed by atoms with Gasteiger partial charge in [0.1, 0.15) is 21.8 Å². The summed E-state index contributed by atoms with van der Waals surface area (Å²) in [4.78, 5) is 13.3. The van der Waals surface area contributed by atoms with Gasteiger partial charge in [0, 0.05) is 18.8 Å². The summed E-state index contributed by atoms with van der Waals surface area (Å²) >= 11 is 1.24. The van der Waals surface area contributed by atoms with E-state index in [0.29, 0.717) is 35.9 Å². The molecule has 158 valence electrons. The van der Waals surface area contributed by atoms with Crippen LogP contribution in [0.5, 0.6) is 5.75 Å². The summed E-state index contributed by atoms with van der Waals surface area (Å²) in [5.41, 5.74) is 0.899. The fraction of sp³-hybridized carbons (Fsp3) is 0.333. The summed E-state index contributed by atoms with van der Waals surface area (Å²) in [5, 5.41) is 15.5. The average Bonchev–Trinajstić information content (AvgIpc) is 3.50. The van der Waals surface area contributed by atoms with Crippen LogP contribution < -0.4 is 10.1 Å². The van der Waals surface area contributed by atoms with E-state index in [4.69, 9.17) is 4.74 Å². The van der Waals surface area contributed by atoms with Gasteiger partial charge >= 0.3 is 0 Å². The molecular formula is C18H20N6O4S2. The van der Waals surface area contributed by atoms with E-state index in [1.807, 2.05) is 0 Å². The molecular weight excluding hydrogens is 428 g/mol. The van der Waals surface area contributed by atoms with Crippen LogP contribution in [0.3, 0.4) is 0 Å². The number of carbonyl (C=O) groups excluding carboxylic acids is 1. The summed E-state index contributed by atoms with van der Waals surface area (Å²) in [7, 11) is -3.72. The van der Waals surface area contributed by atoms with Crippen LogP contribution in [0.4, 0.5) is 5.69 Å².